The van der Waals surface area contributed by atoms with E-state index in [4.69, 9.17) is 9.47 Å². The van der Waals surface area contributed by atoms with Crippen LogP contribution >= 0.6 is 0 Å². The van der Waals surface area contributed by atoms with Crippen LogP contribution in [0.2, 0.25) is 0 Å². The molecule has 0 amide bonds. The molecule has 1 heterocycles. The van der Waals surface area contributed by atoms with Crippen LogP contribution in [0.1, 0.15) is 24.8 Å². The summed E-state index contributed by atoms with van der Waals surface area (Å²) >= 11 is 0. The molecule has 0 aliphatic carbocycles. The van der Waals surface area contributed by atoms with Gasteiger partial charge in [-0.3, -0.25) is 4.79 Å². The molecule has 92 valence electrons. The Labute approximate surface area is 102 Å². The van der Waals surface area contributed by atoms with Crippen molar-refractivity contribution >= 4 is 5.78 Å². The summed E-state index contributed by atoms with van der Waals surface area (Å²) in [5, 5.41) is 0. The number of methoxy groups -OCH3 is 1. The van der Waals surface area contributed by atoms with E-state index in [1.54, 1.807) is 7.11 Å². The number of carbonyl (C=O) groups excluding carboxylic acids is 1. The minimum atomic E-state index is 0.153. The first-order chi connectivity index (χ1) is 8.28. The molecule has 1 unspecified atom stereocenters. The maximum Gasteiger partial charge on any atom is 0.139 e. The van der Waals surface area contributed by atoms with E-state index in [9.17, 15) is 4.79 Å². The van der Waals surface area contributed by atoms with Gasteiger partial charge in [-0.15, -0.1) is 0 Å². The van der Waals surface area contributed by atoms with Crippen molar-refractivity contribution in [1.82, 2.24) is 0 Å². The molecule has 0 radical (unpaired) electrons. The highest BCUT2D eigenvalue weighted by atomic mass is 16.5. The molecule has 0 aromatic heterocycles. The third kappa shape index (κ3) is 3.56. The van der Waals surface area contributed by atoms with Gasteiger partial charge in [-0.05, 0) is 30.5 Å². The van der Waals surface area contributed by atoms with Gasteiger partial charge in [0.25, 0.3) is 0 Å². The van der Waals surface area contributed by atoms with Crippen molar-refractivity contribution in [2.45, 2.75) is 31.8 Å². The second kappa shape index (κ2) is 5.82. The smallest absolute Gasteiger partial charge is 0.139 e. The number of rotatable bonds is 5. The Morgan fingerprint density at radius 3 is 2.76 bits per heavy atom. The highest BCUT2D eigenvalue weighted by molar-refractivity contribution is 5.81. The molecule has 1 aliphatic heterocycles. The number of hydrogen-bond acceptors (Lipinski definition) is 3. The summed E-state index contributed by atoms with van der Waals surface area (Å²) in [5.74, 6) is 1.07. The molecule has 17 heavy (non-hydrogen) atoms. The van der Waals surface area contributed by atoms with E-state index in [0.29, 0.717) is 12.8 Å². The molecule has 0 bridgehead atoms. The zero-order chi connectivity index (χ0) is 12.1. The van der Waals surface area contributed by atoms with Gasteiger partial charge in [-0.25, -0.2) is 0 Å². The molecule has 1 fully saturated rings. The summed E-state index contributed by atoms with van der Waals surface area (Å²) in [6.45, 7) is 0.806. The molecule has 1 atom stereocenters. The second-order valence-electron chi connectivity index (χ2n) is 4.40. The van der Waals surface area contributed by atoms with Crippen LogP contribution in [0, 0.1) is 0 Å². The highest BCUT2D eigenvalue weighted by Gasteiger charge is 2.18. The number of benzene rings is 1. The molecule has 1 aromatic rings. The van der Waals surface area contributed by atoms with Crippen molar-refractivity contribution in [1.29, 1.82) is 0 Å². The second-order valence-corrected chi connectivity index (χ2v) is 4.40. The summed E-state index contributed by atoms with van der Waals surface area (Å²) in [5.41, 5.74) is 1.04. The van der Waals surface area contributed by atoms with Crippen molar-refractivity contribution in [2.24, 2.45) is 0 Å². The third-order valence-corrected chi connectivity index (χ3v) is 3.04. The van der Waals surface area contributed by atoms with Gasteiger partial charge < -0.3 is 9.47 Å². The zero-order valence-corrected chi connectivity index (χ0v) is 10.1. The van der Waals surface area contributed by atoms with Crippen molar-refractivity contribution in [3.8, 4) is 5.75 Å². The SMILES string of the molecule is COc1ccc(CC(=O)CC2CCCO2)cc1. The predicted octanol–water partition coefficient (Wildman–Crippen LogP) is 2.38. The van der Waals surface area contributed by atoms with Crippen LogP contribution in [-0.4, -0.2) is 25.6 Å². The topological polar surface area (TPSA) is 35.5 Å². The Morgan fingerprint density at radius 1 is 1.41 bits per heavy atom. The summed E-state index contributed by atoms with van der Waals surface area (Å²) < 4.78 is 10.5. The van der Waals surface area contributed by atoms with Crippen LogP contribution in [0.15, 0.2) is 24.3 Å². The van der Waals surface area contributed by atoms with Gasteiger partial charge in [0, 0.05) is 19.4 Å². The van der Waals surface area contributed by atoms with E-state index in [2.05, 4.69) is 0 Å². The molecule has 1 aromatic carbocycles. The third-order valence-electron chi connectivity index (χ3n) is 3.04. The number of hydrogen-bond donors (Lipinski definition) is 0. The normalized spacial score (nSPS) is 19.2. The van der Waals surface area contributed by atoms with Crippen molar-refractivity contribution in [3.05, 3.63) is 29.8 Å². The number of Topliss-reactive ketones (excluding diaryl/α,β-unsaturated/α-hetero) is 1. The molecule has 2 rings (SSSR count). The molecule has 0 saturated carbocycles. The molecule has 1 saturated heterocycles. The lowest BCUT2D eigenvalue weighted by molar-refractivity contribution is -0.120. The monoisotopic (exact) mass is 234 g/mol. The number of carbonyl (C=O) groups is 1. The van der Waals surface area contributed by atoms with Crippen molar-refractivity contribution in [2.75, 3.05) is 13.7 Å². The number of ketones is 1. The Kier molecular flexibility index (Phi) is 4.15. The van der Waals surface area contributed by atoms with Gasteiger partial charge in [0.05, 0.1) is 13.2 Å². The molecular formula is C14H18O3. The average molecular weight is 234 g/mol. The van der Waals surface area contributed by atoms with E-state index < -0.39 is 0 Å². The Hall–Kier alpha value is -1.35. The maximum atomic E-state index is 11.8. The largest absolute Gasteiger partial charge is 0.497 e. The van der Waals surface area contributed by atoms with E-state index in [-0.39, 0.29) is 11.9 Å². The van der Waals surface area contributed by atoms with Crippen molar-refractivity contribution < 1.29 is 14.3 Å². The standard InChI is InChI=1S/C14H18O3/c1-16-13-6-4-11(5-7-13)9-12(15)10-14-3-2-8-17-14/h4-7,14H,2-3,8-10H2,1H3. The summed E-state index contributed by atoms with van der Waals surface area (Å²) in [7, 11) is 1.64. The van der Waals surface area contributed by atoms with Gasteiger partial charge in [-0.1, -0.05) is 12.1 Å². The fourth-order valence-corrected chi connectivity index (χ4v) is 2.10. The maximum absolute atomic E-state index is 11.8. The van der Waals surface area contributed by atoms with Crippen LogP contribution in [0.5, 0.6) is 5.75 Å². The summed E-state index contributed by atoms with van der Waals surface area (Å²) in [6.07, 6.45) is 3.30. The Bertz CT molecular complexity index is 364. The Morgan fingerprint density at radius 2 is 2.18 bits per heavy atom. The van der Waals surface area contributed by atoms with Gasteiger partial charge >= 0.3 is 0 Å². The average Bonchev–Trinajstić information content (AvgIpc) is 2.82. The van der Waals surface area contributed by atoms with Crippen LogP contribution in [0.3, 0.4) is 0 Å². The first-order valence-electron chi connectivity index (χ1n) is 6.04. The van der Waals surface area contributed by atoms with Crippen LogP contribution in [-0.2, 0) is 16.0 Å². The van der Waals surface area contributed by atoms with Crippen LogP contribution in [0.4, 0.5) is 0 Å². The minimum Gasteiger partial charge on any atom is -0.497 e. The quantitative estimate of drug-likeness (QED) is 0.784. The van der Waals surface area contributed by atoms with Gasteiger partial charge in [-0.2, -0.15) is 0 Å². The lowest BCUT2D eigenvalue weighted by Gasteiger charge is -2.08. The van der Waals surface area contributed by atoms with Crippen LogP contribution in [0.25, 0.3) is 0 Å². The fraction of sp³-hybridized carbons (Fsp3) is 0.500. The molecule has 1 aliphatic rings. The Balaban J connectivity index is 1.84. The highest BCUT2D eigenvalue weighted by Crippen LogP contribution is 2.17. The lowest BCUT2D eigenvalue weighted by Crippen LogP contribution is -2.14. The minimum absolute atomic E-state index is 0.153. The molecule has 3 heteroatoms. The summed E-state index contributed by atoms with van der Waals surface area (Å²) in [4.78, 5) is 11.8. The van der Waals surface area contributed by atoms with Gasteiger partial charge in [0.2, 0.25) is 0 Å². The van der Waals surface area contributed by atoms with Crippen LogP contribution < -0.4 is 4.74 Å². The first kappa shape index (κ1) is 12.1. The number of ether oxygens (including phenoxy) is 2. The molecule has 0 N–H and O–H groups in total. The summed E-state index contributed by atoms with van der Waals surface area (Å²) in [6, 6.07) is 7.64. The van der Waals surface area contributed by atoms with Crippen molar-refractivity contribution in [3.63, 3.8) is 0 Å². The van der Waals surface area contributed by atoms with Gasteiger partial charge in [0.15, 0.2) is 0 Å². The molecule has 3 nitrogen and oxygen atoms in total. The first-order valence-corrected chi connectivity index (χ1v) is 6.04. The lowest BCUT2D eigenvalue weighted by atomic mass is 10.0. The van der Waals surface area contributed by atoms with E-state index in [1.807, 2.05) is 24.3 Å². The zero-order valence-electron chi connectivity index (χ0n) is 10.1. The fourth-order valence-electron chi connectivity index (χ4n) is 2.10. The van der Waals surface area contributed by atoms with E-state index >= 15 is 0 Å². The predicted molar refractivity (Wildman–Crippen MR) is 65.3 cm³/mol. The van der Waals surface area contributed by atoms with E-state index in [0.717, 1.165) is 30.8 Å². The molecule has 0 spiro atoms. The van der Waals surface area contributed by atoms with E-state index in [1.165, 1.54) is 0 Å². The molecular weight excluding hydrogens is 216 g/mol. The van der Waals surface area contributed by atoms with Gasteiger partial charge in [0.1, 0.15) is 11.5 Å².